The molecule has 0 unspecified atom stereocenters. The Hall–Kier alpha value is -1.02. The van der Waals surface area contributed by atoms with Crippen LogP contribution in [0.2, 0.25) is 0 Å². The summed E-state index contributed by atoms with van der Waals surface area (Å²) in [6.07, 6.45) is 7.33. The molecule has 88 valence electrons. The van der Waals surface area contributed by atoms with E-state index in [1.165, 1.54) is 31.2 Å². The van der Waals surface area contributed by atoms with Gasteiger partial charge in [0.2, 0.25) is 0 Å². The van der Waals surface area contributed by atoms with E-state index in [0.29, 0.717) is 0 Å². The van der Waals surface area contributed by atoms with Crippen LogP contribution >= 0.6 is 0 Å². The Morgan fingerprint density at radius 1 is 1.12 bits per heavy atom. The highest BCUT2D eigenvalue weighted by atomic mass is 16.5. The van der Waals surface area contributed by atoms with Crippen molar-refractivity contribution in [2.24, 2.45) is 5.73 Å². The maximum absolute atomic E-state index is 6.55. The van der Waals surface area contributed by atoms with Gasteiger partial charge in [-0.15, -0.1) is 0 Å². The molecule has 2 heteroatoms. The fourth-order valence-electron chi connectivity index (χ4n) is 2.58. The molecule has 0 saturated heterocycles. The molecule has 1 saturated carbocycles. The smallest absolute Gasteiger partial charge is 0.119 e. The Labute approximate surface area is 97.8 Å². The molecule has 0 heterocycles. The number of hydrogen-bond acceptors (Lipinski definition) is 2. The maximum atomic E-state index is 6.55. The van der Waals surface area contributed by atoms with Crippen molar-refractivity contribution in [3.63, 3.8) is 0 Å². The van der Waals surface area contributed by atoms with Gasteiger partial charge in [-0.1, -0.05) is 37.8 Å². The van der Waals surface area contributed by atoms with Crippen LogP contribution < -0.4 is 10.5 Å². The van der Waals surface area contributed by atoms with Crippen LogP contribution in [-0.2, 0) is 5.54 Å². The van der Waals surface area contributed by atoms with E-state index in [9.17, 15) is 0 Å². The highest BCUT2D eigenvalue weighted by Crippen LogP contribution is 2.34. The Kier molecular flexibility index (Phi) is 3.49. The summed E-state index contributed by atoms with van der Waals surface area (Å²) in [5.74, 6) is 0.909. The molecule has 0 spiro atoms. The van der Waals surface area contributed by atoms with Crippen LogP contribution in [0.15, 0.2) is 24.3 Å². The maximum Gasteiger partial charge on any atom is 0.119 e. The van der Waals surface area contributed by atoms with Crippen molar-refractivity contribution in [1.82, 2.24) is 0 Å². The highest BCUT2D eigenvalue weighted by Gasteiger charge is 2.28. The van der Waals surface area contributed by atoms with E-state index >= 15 is 0 Å². The molecule has 16 heavy (non-hydrogen) atoms. The Balaban J connectivity index is 2.25. The van der Waals surface area contributed by atoms with Crippen molar-refractivity contribution in [2.45, 2.75) is 44.1 Å². The monoisotopic (exact) mass is 219 g/mol. The first-order valence-electron chi connectivity index (χ1n) is 6.18. The molecular weight excluding hydrogens is 198 g/mol. The lowest BCUT2D eigenvalue weighted by Crippen LogP contribution is -2.35. The fourth-order valence-corrected chi connectivity index (χ4v) is 2.58. The lowest BCUT2D eigenvalue weighted by Gasteiger charge is -2.29. The summed E-state index contributed by atoms with van der Waals surface area (Å²) in [4.78, 5) is 0. The van der Waals surface area contributed by atoms with Crippen LogP contribution in [0.1, 0.15) is 44.1 Å². The van der Waals surface area contributed by atoms with E-state index in [1.807, 2.05) is 12.1 Å². The lowest BCUT2D eigenvalue weighted by molar-refractivity contribution is 0.378. The van der Waals surface area contributed by atoms with E-state index in [4.69, 9.17) is 10.5 Å². The van der Waals surface area contributed by atoms with Gasteiger partial charge in [0.1, 0.15) is 5.75 Å². The van der Waals surface area contributed by atoms with Gasteiger partial charge in [-0.3, -0.25) is 0 Å². The average Bonchev–Trinajstić information content (AvgIpc) is 2.55. The third-order valence-corrected chi connectivity index (χ3v) is 3.64. The quantitative estimate of drug-likeness (QED) is 0.775. The zero-order valence-electron chi connectivity index (χ0n) is 10.0. The first kappa shape index (κ1) is 11.5. The summed E-state index contributed by atoms with van der Waals surface area (Å²) < 4.78 is 5.27. The highest BCUT2D eigenvalue weighted by molar-refractivity contribution is 5.33. The predicted molar refractivity (Wildman–Crippen MR) is 66.6 cm³/mol. The zero-order chi connectivity index (χ0) is 11.4. The van der Waals surface area contributed by atoms with Crippen LogP contribution in [0.5, 0.6) is 5.75 Å². The Morgan fingerprint density at radius 2 is 1.81 bits per heavy atom. The van der Waals surface area contributed by atoms with Crippen molar-refractivity contribution in [3.8, 4) is 5.75 Å². The molecule has 1 aromatic rings. The van der Waals surface area contributed by atoms with Crippen molar-refractivity contribution in [2.75, 3.05) is 7.11 Å². The number of nitrogens with two attached hydrogens (primary N) is 1. The normalized spacial score (nSPS) is 20.1. The molecule has 1 aromatic carbocycles. The van der Waals surface area contributed by atoms with Crippen LogP contribution in [0, 0.1) is 0 Å². The number of methoxy groups -OCH3 is 1. The van der Waals surface area contributed by atoms with Gasteiger partial charge >= 0.3 is 0 Å². The molecule has 2 rings (SSSR count). The van der Waals surface area contributed by atoms with E-state index in [1.54, 1.807) is 7.11 Å². The Bertz CT molecular complexity index is 340. The number of rotatable bonds is 2. The first-order valence-corrected chi connectivity index (χ1v) is 6.18. The molecule has 0 atom stereocenters. The van der Waals surface area contributed by atoms with E-state index in [2.05, 4.69) is 12.1 Å². The fraction of sp³-hybridized carbons (Fsp3) is 0.571. The second-order valence-corrected chi connectivity index (χ2v) is 4.80. The summed E-state index contributed by atoms with van der Waals surface area (Å²) in [6, 6.07) is 8.23. The van der Waals surface area contributed by atoms with Crippen molar-refractivity contribution in [1.29, 1.82) is 0 Å². The van der Waals surface area contributed by atoms with Crippen LogP contribution in [0.25, 0.3) is 0 Å². The molecule has 0 radical (unpaired) electrons. The second kappa shape index (κ2) is 4.88. The second-order valence-electron chi connectivity index (χ2n) is 4.80. The SMILES string of the molecule is COc1cccc(C2(N)CCCCCC2)c1. The molecule has 2 N–H and O–H groups in total. The summed E-state index contributed by atoms with van der Waals surface area (Å²) in [7, 11) is 1.70. The van der Waals surface area contributed by atoms with Crippen LogP contribution in [0.4, 0.5) is 0 Å². The molecule has 1 fully saturated rings. The van der Waals surface area contributed by atoms with Crippen LogP contribution in [0.3, 0.4) is 0 Å². The summed E-state index contributed by atoms with van der Waals surface area (Å²) in [5.41, 5.74) is 7.64. The van der Waals surface area contributed by atoms with Crippen LogP contribution in [-0.4, -0.2) is 7.11 Å². The van der Waals surface area contributed by atoms with Crippen molar-refractivity contribution >= 4 is 0 Å². The summed E-state index contributed by atoms with van der Waals surface area (Å²) >= 11 is 0. The van der Waals surface area contributed by atoms with Crippen molar-refractivity contribution in [3.05, 3.63) is 29.8 Å². The third kappa shape index (κ3) is 2.38. The van der Waals surface area contributed by atoms with E-state index in [-0.39, 0.29) is 5.54 Å². The minimum absolute atomic E-state index is 0.134. The van der Waals surface area contributed by atoms with Gasteiger partial charge in [0.25, 0.3) is 0 Å². The zero-order valence-corrected chi connectivity index (χ0v) is 10.0. The molecule has 0 amide bonds. The standard InChI is InChI=1S/C14H21NO/c1-16-13-8-6-7-12(11-13)14(15)9-4-2-3-5-10-14/h6-8,11H,2-5,9-10,15H2,1H3. The van der Waals surface area contributed by atoms with Gasteiger partial charge in [-0.2, -0.15) is 0 Å². The molecule has 1 aliphatic carbocycles. The summed E-state index contributed by atoms with van der Waals surface area (Å²) in [5, 5.41) is 0. The number of benzene rings is 1. The van der Waals surface area contributed by atoms with Crippen molar-refractivity contribution < 1.29 is 4.74 Å². The number of hydrogen-bond donors (Lipinski definition) is 1. The molecule has 0 bridgehead atoms. The van der Waals surface area contributed by atoms with Gasteiger partial charge in [0, 0.05) is 5.54 Å². The minimum atomic E-state index is -0.134. The first-order chi connectivity index (χ1) is 7.74. The van der Waals surface area contributed by atoms with E-state index in [0.717, 1.165) is 18.6 Å². The molecule has 0 aliphatic heterocycles. The summed E-state index contributed by atoms with van der Waals surface area (Å²) in [6.45, 7) is 0. The Morgan fingerprint density at radius 3 is 2.44 bits per heavy atom. The third-order valence-electron chi connectivity index (χ3n) is 3.64. The van der Waals surface area contributed by atoms with Gasteiger partial charge < -0.3 is 10.5 Å². The largest absolute Gasteiger partial charge is 0.497 e. The van der Waals surface area contributed by atoms with Gasteiger partial charge in [0.15, 0.2) is 0 Å². The van der Waals surface area contributed by atoms with Gasteiger partial charge in [-0.25, -0.2) is 0 Å². The molecule has 1 aliphatic rings. The minimum Gasteiger partial charge on any atom is -0.497 e. The average molecular weight is 219 g/mol. The molecule has 0 aromatic heterocycles. The lowest BCUT2D eigenvalue weighted by atomic mass is 9.84. The number of ether oxygens (including phenoxy) is 1. The van der Waals surface area contributed by atoms with E-state index < -0.39 is 0 Å². The molecule has 2 nitrogen and oxygen atoms in total. The van der Waals surface area contributed by atoms with Gasteiger partial charge in [0.05, 0.1) is 7.11 Å². The predicted octanol–water partition coefficient (Wildman–Crippen LogP) is 3.20. The van der Waals surface area contributed by atoms with Gasteiger partial charge in [-0.05, 0) is 30.5 Å². The molecular formula is C14H21NO. The topological polar surface area (TPSA) is 35.2 Å².